The minimum atomic E-state index is 0.763. The highest BCUT2D eigenvalue weighted by Gasteiger charge is 2.11. The van der Waals surface area contributed by atoms with Crippen LogP contribution in [0.5, 0.6) is 0 Å². The number of hydrogen-bond donors (Lipinski definition) is 1. The molecule has 0 radical (unpaired) electrons. The number of benzene rings is 2. The minimum Gasteiger partial charge on any atom is -0.370 e. The zero-order chi connectivity index (χ0) is 16.9. The van der Waals surface area contributed by atoms with Crippen molar-refractivity contribution < 1.29 is 0 Å². The fourth-order valence-electron chi connectivity index (χ4n) is 2.82. The topological polar surface area (TPSA) is 41.1 Å². The maximum atomic E-state index is 4.57. The van der Waals surface area contributed by atoms with E-state index >= 15 is 0 Å². The lowest BCUT2D eigenvalue weighted by atomic mass is 10.2. The van der Waals surface area contributed by atoms with Crippen LogP contribution < -0.4 is 10.2 Å². The summed E-state index contributed by atoms with van der Waals surface area (Å²) in [5.74, 6) is 3.24. The van der Waals surface area contributed by atoms with E-state index in [9.17, 15) is 0 Å². The summed E-state index contributed by atoms with van der Waals surface area (Å²) in [5.41, 5.74) is 3.63. The Labute approximate surface area is 156 Å². The van der Waals surface area contributed by atoms with Gasteiger partial charge in [-0.1, -0.05) is 42.5 Å². The van der Waals surface area contributed by atoms with E-state index in [0.717, 1.165) is 36.2 Å². The van der Waals surface area contributed by atoms with Crippen LogP contribution in [0, 0.1) is 0 Å². The smallest absolute Gasteiger partial charge is 0.203 e. The molecule has 1 saturated heterocycles. The van der Waals surface area contributed by atoms with Gasteiger partial charge in [0.2, 0.25) is 5.13 Å². The van der Waals surface area contributed by atoms with E-state index in [1.807, 2.05) is 42.1 Å². The third-order valence-corrected chi connectivity index (χ3v) is 5.83. The third kappa shape index (κ3) is 4.14. The number of aromatic nitrogens is 2. The van der Waals surface area contributed by atoms with Gasteiger partial charge in [-0.05, 0) is 17.7 Å². The van der Waals surface area contributed by atoms with Gasteiger partial charge in [0.1, 0.15) is 0 Å². The van der Waals surface area contributed by atoms with Gasteiger partial charge >= 0.3 is 0 Å². The molecule has 1 fully saturated rings. The maximum Gasteiger partial charge on any atom is 0.203 e. The molecule has 6 heteroatoms. The largest absolute Gasteiger partial charge is 0.370 e. The molecule has 25 heavy (non-hydrogen) atoms. The van der Waals surface area contributed by atoms with Gasteiger partial charge in [-0.3, -0.25) is 0 Å². The molecule has 1 aromatic heterocycles. The normalized spacial score (nSPS) is 14.5. The van der Waals surface area contributed by atoms with Crippen LogP contribution in [0.15, 0.2) is 54.6 Å². The minimum absolute atomic E-state index is 0.763. The molecule has 0 unspecified atom stereocenters. The Morgan fingerprint density at radius 1 is 0.960 bits per heavy atom. The van der Waals surface area contributed by atoms with Gasteiger partial charge in [-0.15, -0.1) is 0 Å². The van der Waals surface area contributed by atoms with E-state index in [2.05, 4.69) is 43.8 Å². The number of thioether (sulfide) groups is 1. The SMILES string of the molecule is c1ccc(-c2nsc(NCc3ccc(N4CCSCC4)cc3)n2)cc1. The summed E-state index contributed by atoms with van der Waals surface area (Å²) in [6.45, 7) is 3.06. The van der Waals surface area contributed by atoms with Crippen molar-refractivity contribution in [2.75, 3.05) is 34.8 Å². The number of hydrogen-bond acceptors (Lipinski definition) is 6. The first-order valence-corrected chi connectivity index (χ1v) is 10.4. The van der Waals surface area contributed by atoms with Crippen LogP contribution in [0.2, 0.25) is 0 Å². The number of nitrogens with one attached hydrogen (secondary N) is 1. The lowest BCUT2D eigenvalue weighted by Gasteiger charge is -2.28. The van der Waals surface area contributed by atoms with Crippen LogP contribution in [-0.4, -0.2) is 34.0 Å². The highest BCUT2D eigenvalue weighted by atomic mass is 32.2. The van der Waals surface area contributed by atoms with Crippen LogP contribution in [-0.2, 0) is 6.54 Å². The van der Waals surface area contributed by atoms with Gasteiger partial charge in [0.25, 0.3) is 0 Å². The van der Waals surface area contributed by atoms with Crippen molar-refractivity contribution in [1.29, 1.82) is 0 Å². The fraction of sp³-hybridized carbons (Fsp3) is 0.263. The van der Waals surface area contributed by atoms with E-state index < -0.39 is 0 Å². The molecule has 1 aliphatic heterocycles. The van der Waals surface area contributed by atoms with E-state index in [1.54, 1.807) is 0 Å². The van der Waals surface area contributed by atoms with E-state index in [-0.39, 0.29) is 0 Å². The number of nitrogens with zero attached hydrogens (tertiary/aromatic N) is 3. The standard InChI is InChI=1S/C19H20N4S2/c1-2-4-16(5-3-1)18-21-19(25-22-18)20-14-15-6-8-17(9-7-15)23-10-12-24-13-11-23/h1-9H,10-14H2,(H,20,21,22). The molecule has 4 nitrogen and oxygen atoms in total. The molecular weight excluding hydrogens is 348 g/mol. The molecule has 2 aromatic carbocycles. The third-order valence-electron chi connectivity index (χ3n) is 4.21. The lowest BCUT2D eigenvalue weighted by Crippen LogP contribution is -2.32. The highest BCUT2D eigenvalue weighted by Crippen LogP contribution is 2.22. The van der Waals surface area contributed by atoms with Crippen LogP contribution in [0.1, 0.15) is 5.56 Å². The second kappa shape index (κ2) is 7.89. The first-order valence-electron chi connectivity index (χ1n) is 8.43. The van der Waals surface area contributed by atoms with Crippen molar-refractivity contribution in [3.05, 3.63) is 60.2 Å². The maximum absolute atomic E-state index is 4.57. The molecule has 0 saturated carbocycles. The van der Waals surface area contributed by atoms with Crippen molar-refractivity contribution >= 4 is 34.1 Å². The van der Waals surface area contributed by atoms with Crippen LogP contribution in [0.25, 0.3) is 11.4 Å². The molecule has 0 spiro atoms. The predicted molar refractivity (Wildman–Crippen MR) is 109 cm³/mol. The van der Waals surface area contributed by atoms with Crippen LogP contribution in [0.4, 0.5) is 10.8 Å². The van der Waals surface area contributed by atoms with Crippen molar-refractivity contribution in [3.63, 3.8) is 0 Å². The zero-order valence-corrected chi connectivity index (χ0v) is 15.5. The Kier molecular flexibility index (Phi) is 5.18. The van der Waals surface area contributed by atoms with Crippen LogP contribution >= 0.6 is 23.3 Å². The molecule has 1 N–H and O–H groups in total. The van der Waals surface area contributed by atoms with Crippen molar-refractivity contribution in [3.8, 4) is 11.4 Å². The summed E-state index contributed by atoms with van der Waals surface area (Å²) >= 11 is 3.45. The Balaban J connectivity index is 1.36. The Morgan fingerprint density at radius 2 is 1.72 bits per heavy atom. The number of rotatable bonds is 5. The van der Waals surface area contributed by atoms with E-state index in [0.29, 0.717) is 0 Å². The average Bonchev–Trinajstić information content (AvgIpc) is 3.17. The summed E-state index contributed by atoms with van der Waals surface area (Å²) in [6, 6.07) is 18.9. The van der Waals surface area contributed by atoms with Gasteiger partial charge in [0, 0.05) is 53.9 Å². The van der Waals surface area contributed by atoms with Crippen molar-refractivity contribution in [1.82, 2.24) is 9.36 Å². The van der Waals surface area contributed by atoms with Gasteiger partial charge in [0.15, 0.2) is 5.82 Å². The van der Waals surface area contributed by atoms with Gasteiger partial charge in [-0.25, -0.2) is 0 Å². The molecule has 0 bridgehead atoms. The summed E-state index contributed by atoms with van der Waals surface area (Å²) in [5, 5.41) is 4.24. The molecule has 4 rings (SSSR count). The Bertz CT molecular complexity index is 796. The first kappa shape index (κ1) is 16.4. The van der Waals surface area contributed by atoms with Gasteiger partial charge in [-0.2, -0.15) is 21.1 Å². The second-order valence-corrected chi connectivity index (χ2v) is 7.89. The average molecular weight is 369 g/mol. The summed E-state index contributed by atoms with van der Waals surface area (Å²) in [6.07, 6.45) is 0. The molecule has 0 atom stereocenters. The molecule has 1 aliphatic rings. The van der Waals surface area contributed by atoms with Crippen molar-refractivity contribution in [2.24, 2.45) is 0 Å². The zero-order valence-electron chi connectivity index (χ0n) is 13.9. The summed E-state index contributed by atoms with van der Waals surface area (Å²) < 4.78 is 4.43. The summed E-state index contributed by atoms with van der Waals surface area (Å²) in [7, 11) is 0. The molecule has 0 aliphatic carbocycles. The van der Waals surface area contributed by atoms with E-state index in [4.69, 9.17) is 0 Å². The number of anilines is 2. The van der Waals surface area contributed by atoms with Crippen LogP contribution in [0.3, 0.4) is 0 Å². The Hall–Kier alpha value is -2.05. The molecular formula is C19H20N4S2. The van der Waals surface area contributed by atoms with Crippen molar-refractivity contribution in [2.45, 2.75) is 6.54 Å². The first-order chi connectivity index (χ1) is 12.4. The molecule has 2 heterocycles. The lowest BCUT2D eigenvalue weighted by molar-refractivity contribution is 0.858. The second-order valence-electron chi connectivity index (χ2n) is 5.91. The van der Waals surface area contributed by atoms with Gasteiger partial charge < -0.3 is 10.2 Å². The predicted octanol–water partition coefficient (Wildman–Crippen LogP) is 4.37. The quantitative estimate of drug-likeness (QED) is 0.724. The molecule has 128 valence electrons. The molecule has 3 aromatic rings. The highest BCUT2D eigenvalue weighted by molar-refractivity contribution is 7.99. The molecule has 0 amide bonds. The fourth-order valence-corrected chi connectivity index (χ4v) is 4.31. The van der Waals surface area contributed by atoms with E-state index in [1.165, 1.54) is 34.3 Å². The van der Waals surface area contributed by atoms with Gasteiger partial charge in [0.05, 0.1) is 0 Å². The summed E-state index contributed by atoms with van der Waals surface area (Å²) in [4.78, 5) is 7.04. The Morgan fingerprint density at radius 3 is 2.48 bits per heavy atom. The monoisotopic (exact) mass is 368 g/mol.